The largest absolute Gasteiger partial charge is 0.480 e. The van der Waals surface area contributed by atoms with E-state index in [1.165, 1.54) is 12.5 Å². The normalized spacial score (nSPS) is 14.9. The van der Waals surface area contributed by atoms with Crippen molar-refractivity contribution in [3.63, 3.8) is 0 Å². The van der Waals surface area contributed by atoms with Crippen molar-refractivity contribution >= 4 is 36.3 Å². The van der Waals surface area contributed by atoms with Gasteiger partial charge in [-0.1, -0.05) is 27.7 Å². The van der Waals surface area contributed by atoms with Crippen LogP contribution in [0.5, 0.6) is 0 Å². The Balaban J connectivity index is 2.94. The maximum Gasteiger partial charge on any atom is 0.326 e. The van der Waals surface area contributed by atoms with Gasteiger partial charge in [-0.2, -0.15) is 12.6 Å². The van der Waals surface area contributed by atoms with Crippen LogP contribution in [-0.2, 0) is 25.6 Å². The van der Waals surface area contributed by atoms with Crippen LogP contribution in [0.3, 0.4) is 0 Å². The summed E-state index contributed by atoms with van der Waals surface area (Å²) in [6.45, 7) is 7.54. The number of carboxylic acids is 1. The Hall–Kier alpha value is -2.60. The Kier molecular flexibility index (Phi) is 11.9. The molecule has 12 heteroatoms. The van der Waals surface area contributed by atoms with Gasteiger partial charge in [-0.3, -0.25) is 14.4 Å². The third-order valence-corrected chi connectivity index (χ3v) is 5.18. The Morgan fingerprint density at radius 2 is 1.52 bits per heavy atom. The molecule has 0 saturated heterocycles. The van der Waals surface area contributed by atoms with Gasteiger partial charge >= 0.3 is 5.97 Å². The number of rotatable bonds is 14. The number of carbonyl (C=O) groups excluding carboxylic acids is 3. The molecule has 7 N–H and O–H groups in total. The summed E-state index contributed by atoms with van der Waals surface area (Å²) in [5.74, 6) is -2.73. The highest BCUT2D eigenvalue weighted by atomic mass is 32.1. The molecule has 4 unspecified atom stereocenters. The molecular formula is C21H36N6O5S. The number of aliphatic carboxylic acids is 1. The predicted octanol–water partition coefficient (Wildman–Crippen LogP) is -0.159. The molecular weight excluding hydrogens is 448 g/mol. The van der Waals surface area contributed by atoms with Crippen molar-refractivity contribution in [2.75, 3.05) is 5.75 Å². The van der Waals surface area contributed by atoms with E-state index in [1.807, 2.05) is 27.7 Å². The number of nitrogens with zero attached hydrogens (tertiary/aromatic N) is 1. The molecule has 0 aliphatic heterocycles. The highest BCUT2D eigenvalue weighted by molar-refractivity contribution is 7.80. The quantitative estimate of drug-likeness (QED) is 0.179. The molecule has 0 radical (unpaired) electrons. The van der Waals surface area contributed by atoms with Gasteiger partial charge in [0.1, 0.15) is 18.1 Å². The average molecular weight is 485 g/mol. The van der Waals surface area contributed by atoms with E-state index < -0.39 is 47.9 Å². The van der Waals surface area contributed by atoms with Crippen molar-refractivity contribution in [3.05, 3.63) is 18.2 Å². The summed E-state index contributed by atoms with van der Waals surface area (Å²) in [6, 6.07) is -4.01. The molecule has 0 aliphatic rings. The van der Waals surface area contributed by atoms with Gasteiger partial charge in [0.25, 0.3) is 0 Å². The summed E-state index contributed by atoms with van der Waals surface area (Å²) in [4.78, 5) is 56.4. The summed E-state index contributed by atoms with van der Waals surface area (Å²) in [5, 5.41) is 17.1. The smallest absolute Gasteiger partial charge is 0.326 e. The molecule has 1 aromatic rings. The zero-order chi connectivity index (χ0) is 25.1. The molecule has 186 valence electrons. The molecule has 1 heterocycles. The van der Waals surface area contributed by atoms with E-state index in [1.54, 1.807) is 0 Å². The van der Waals surface area contributed by atoms with E-state index in [2.05, 4.69) is 38.5 Å². The second-order valence-electron chi connectivity index (χ2n) is 8.85. The van der Waals surface area contributed by atoms with Gasteiger partial charge < -0.3 is 31.8 Å². The number of H-pyrrole nitrogens is 1. The average Bonchev–Trinajstić information content (AvgIpc) is 3.22. The molecule has 0 aliphatic carbocycles. The number of aromatic nitrogens is 2. The van der Waals surface area contributed by atoms with E-state index in [-0.39, 0.29) is 30.4 Å². The molecule has 4 atom stereocenters. The molecule has 0 bridgehead atoms. The molecule has 1 aromatic heterocycles. The molecule has 0 saturated carbocycles. The van der Waals surface area contributed by atoms with E-state index in [4.69, 9.17) is 5.73 Å². The Morgan fingerprint density at radius 1 is 0.970 bits per heavy atom. The van der Waals surface area contributed by atoms with Crippen molar-refractivity contribution in [1.82, 2.24) is 25.9 Å². The third-order valence-electron chi connectivity index (χ3n) is 4.81. The number of nitrogens with two attached hydrogens (primary N) is 1. The second-order valence-corrected chi connectivity index (χ2v) is 9.22. The zero-order valence-electron chi connectivity index (χ0n) is 19.5. The molecule has 11 nitrogen and oxygen atoms in total. The molecule has 0 fully saturated rings. The predicted molar refractivity (Wildman–Crippen MR) is 126 cm³/mol. The van der Waals surface area contributed by atoms with Gasteiger partial charge in [0, 0.05) is 24.1 Å². The van der Waals surface area contributed by atoms with Crippen LogP contribution in [0.1, 0.15) is 46.2 Å². The lowest BCUT2D eigenvalue weighted by atomic mass is 10.0. The first-order valence-electron chi connectivity index (χ1n) is 10.9. The number of thiol groups is 1. The number of hydrogen-bond acceptors (Lipinski definition) is 7. The van der Waals surface area contributed by atoms with Gasteiger partial charge in [-0.15, -0.1) is 0 Å². The minimum absolute atomic E-state index is 0.0184. The van der Waals surface area contributed by atoms with E-state index in [0.29, 0.717) is 12.1 Å². The zero-order valence-corrected chi connectivity index (χ0v) is 20.4. The first-order chi connectivity index (χ1) is 15.4. The number of aromatic amines is 1. The van der Waals surface area contributed by atoms with Crippen LogP contribution in [-0.4, -0.2) is 68.7 Å². The minimum Gasteiger partial charge on any atom is -0.480 e. The number of amides is 3. The number of carbonyl (C=O) groups is 4. The Morgan fingerprint density at radius 3 is 2.00 bits per heavy atom. The SMILES string of the molecule is CC(C)CC(N)C(=O)NC(CS)C(=O)NC(Cc1cnc[nH]1)C(=O)NC(CC(C)C)C(=O)O. The monoisotopic (exact) mass is 484 g/mol. The summed E-state index contributed by atoms with van der Waals surface area (Å²) in [7, 11) is 0. The van der Waals surface area contributed by atoms with Crippen LogP contribution in [0.15, 0.2) is 12.5 Å². The lowest BCUT2D eigenvalue weighted by molar-refractivity contribution is -0.142. The van der Waals surface area contributed by atoms with Crippen LogP contribution in [0.2, 0.25) is 0 Å². The molecule has 3 amide bonds. The fourth-order valence-corrected chi connectivity index (χ4v) is 3.41. The summed E-state index contributed by atoms with van der Waals surface area (Å²) in [5.41, 5.74) is 6.45. The van der Waals surface area contributed by atoms with Crippen LogP contribution < -0.4 is 21.7 Å². The van der Waals surface area contributed by atoms with Crippen LogP contribution in [0, 0.1) is 11.8 Å². The van der Waals surface area contributed by atoms with Crippen LogP contribution in [0.4, 0.5) is 0 Å². The topological polar surface area (TPSA) is 179 Å². The Labute approximate surface area is 199 Å². The number of nitrogens with one attached hydrogen (secondary N) is 4. The molecule has 33 heavy (non-hydrogen) atoms. The number of carboxylic acid groups (broad SMARTS) is 1. The van der Waals surface area contributed by atoms with Gasteiger partial charge in [-0.05, 0) is 24.7 Å². The maximum absolute atomic E-state index is 12.9. The second kappa shape index (κ2) is 13.8. The van der Waals surface area contributed by atoms with Crippen LogP contribution in [0.25, 0.3) is 0 Å². The summed E-state index contributed by atoms with van der Waals surface area (Å²) in [6.07, 6.45) is 3.65. The van der Waals surface area contributed by atoms with Crippen LogP contribution >= 0.6 is 12.6 Å². The van der Waals surface area contributed by atoms with Crippen molar-refractivity contribution in [1.29, 1.82) is 0 Å². The highest BCUT2D eigenvalue weighted by Gasteiger charge is 2.30. The molecule has 0 spiro atoms. The molecule has 0 aromatic carbocycles. The fourth-order valence-electron chi connectivity index (χ4n) is 3.15. The number of imidazole rings is 1. The van der Waals surface area contributed by atoms with Crippen molar-refractivity contribution in [3.8, 4) is 0 Å². The van der Waals surface area contributed by atoms with Crippen molar-refractivity contribution < 1.29 is 24.3 Å². The number of hydrogen-bond donors (Lipinski definition) is 7. The van der Waals surface area contributed by atoms with Crippen molar-refractivity contribution in [2.24, 2.45) is 17.6 Å². The summed E-state index contributed by atoms with van der Waals surface area (Å²) < 4.78 is 0. The molecule has 1 rings (SSSR count). The fraction of sp³-hybridized carbons (Fsp3) is 0.667. The van der Waals surface area contributed by atoms with Gasteiger partial charge in [0.05, 0.1) is 12.4 Å². The van der Waals surface area contributed by atoms with E-state index in [9.17, 15) is 24.3 Å². The first kappa shape index (κ1) is 28.4. The van der Waals surface area contributed by atoms with E-state index in [0.717, 1.165) is 0 Å². The minimum atomic E-state index is -1.16. The van der Waals surface area contributed by atoms with Crippen molar-refractivity contribution in [2.45, 2.75) is 71.1 Å². The summed E-state index contributed by atoms with van der Waals surface area (Å²) >= 11 is 4.14. The third kappa shape index (κ3) is 10.3. The van der Waals surface area contributed by atoms with Gasteiger partial charge in [0.2, 0.25) is 17.7 Å². The lowest BCUT2D eigenvalue weighted by Crippen LogP contribution is -2.58. The maximum atomic E-state index is 12.9. The van der Waals surface area contributed by atoms with Gasteiger partial charge in [0.15, 0.2) is 0 Å². The first-order valence-corrected chi connectivity index (χ1v) is 11.5. The lowest BCUT2D eigenvalue weighted by Gasteiger charge is -2.25. The Bertz CT molecular complexity index is 786. The highest BCUT2D eigenvalue weighted by Crippen LogP contribution is 2.08. The standard InChI is InChI=1S/C21H36N6O5S/c1-11(2)5-14(22)18(28)27-17(9-33)20(30)25-15(7-13-8-23-10-24-13)19(29)26-16(21(31)32)6-12(3)4/h8,10-12,14-17,33H,5-7,9,22H2,1-4H3,(H,23,24)(H,25,30)(H,26,29)(H,27,28)(H,31,32). The van der Waals surface area contributed by atoms with E-state index >= 15 is 0 Å². The van der Waals surface area contributed by atoms with Gasteiger partial charge in [-0.25, -0.2) is 9.78 Å².